The molecule has 0 bridgehead atoms. The van der Waals surface area contributed by atoms with Gasteiger partial charge in [0, 0.05) is 6.54 Å². The molecule has 1 amide bonds. The number of aryl methyl sites for hydroxylation is 1. The van der Waals surface area contributed by atoms with Gasteiger partial charge in [0.15, 0.2) is 0 Å². The molecular weight excluding hydrogens is 377 g/mol. The first-order valence-corrected chi connectivity index (χ1v) is 9.99. The summed E-state index contributed by atoms with van der Waals surface area (Å²) in [6.45, 7) is 4.79. The molecule has 5 heteroatoms. The van der Waals surface area contributed by atoms with Gasteiger partial charge < -0.3 is 0 Å². The number of nitrogens with zero attached hydrogens (tertiary/aromatic N) is 3. The van der Waals surface area contributed by atoms with Gasteiger partial charge in [-0.2, -0.15) is 5.10 Å². The Bertz CT molecular complexity index is 1050. The van der Waals surface area contributed by atoms with E-state index in [-0.39, 0.29) is 18.3 Å². The molecule has 1 atom stereocenters. The van der Waals surface area contributed by atoms with Gasteiger partial charge in [0.1, 0.15) is 12.0 Å². The summed E-state index contributed by atoms with van der Waals surface area (Å²) < 4.78 is 13.5. The summed E-state index contributed by atoms with van der Waals surface area (Å²) in [5.74, 6) is -0.379. The van der Waals surface area contributed by atoms with Gasteiger partial charge in [-0.05, 0) is 42.7 Å². The van der Waals surface area contributed by atoms with Crippen molar-refractivity contribution in [2.75, 3.05) is 6.54 Å². The Morgan fingerprint density at radius 2 is 1.67 bits per heavy atom. The van der Waals surface area contributed by atoms with E-state index in [1.165, 1.54) is 22.7 Å². The van der Waals surface area contributed by atoms with E-state index in [9.17, 15) is 9.18 Å². The average molecular weight is 401 g/mol. The van der Waals surface area contributed by atoms with Crippen molar-refractivity contribution >= 4 is 11.6 Å². The summed E-state index contributed by atoms with van der Waals surface area (Å²) in [6, 6.07) is 24.4. The predicted octanol–water partition coefficient (Wildman–Crippen LogP) is 4.90. The molecule has 0 N–H and O–H groups in total. The van der Waals surface area contributed by atoms with Crippen LogP contribution in [-0.2, 0) is 11.3 Å². The Hall–Kier alpha value is -3.31. The number of hydrogen-bond donors (Lipinski definition) is 0. The Kier molecular flexibility index (Phi) is 5.72. The smallest absolute Gasteiger partial charge is 0.258 e. The zero-order chi connectivity index (χ0) is 21.1. The maximum atomic E-state index is 13.5. The summed E-state index contributed by atoms with van der Waals surface area (Å²) in [7, 11) is 0. The Balaban J connectivity index is 1.69. The first kappa shape index (κ1) is 20.0. The number of amides is 1. The highest BCUT2D eigenvalue weighted by atomic mass is 19.1. The van der Waals surface area contributed by atoms with Crippen molar-refractivity contribution in [1.82, 2.24) is 9.91 Å². The highest BCUT2D eigenvalue weighted by Gasteiger charge is 2.39. The van der Waals surface area contributed by atoms with Crippen molar-refractivity contribution in [2.45, 2.75) is 26.6 Å². The molecule has 4 nitrogen and oxygen atoms in total. The number of hydrogen-bond acceptors (Lipinski definition) is 3. The van der Waals surface area contributed by atoms with Crippen LogP contribution in [0, 0.1) is 12.7 Å². The van der Waals surface area contributed by atoms with Gasteiger partial charge in [0.05, 0.1) is 12.3 Å². The highest BCUT2D eigenvalue weighted by Crippen LogP contribution is 2.33. The zero-order valence-electron chi connectivity index (χ0n) is 17.1. The van der Waals surface area contributed by atoms with Crippen molar-refractivity contribution in [3.8, 4) is 0 Å². The quantitative estimate of drug-likeness (QED) is 0.570. The van der Waals surface area contributed by atoms with Gasteiger partial charge in [-0.25, -0.2) is 9.40 Å². The maximum Gasteiger partial charge on any atom is 0.258 e. The van der Waals surface area contributed by atoms with Crippen LogP contribution in [0.1, 0.15) is 35.3 Å². The molecule has 3 aromatic rings. The van der Waals surface area contributed by atoms with E-state index in [2.05, 4.69) is 4.90 Å². The lowest BCUT2D eigenvalue weighted by atomic mass is 10.1. The van der Waals surface area contributed by atoms with Gasteiger partial charge in [-0.15, -0.1) is 0 Å². The third-order valence-corrected chi connectivity index (χ3v) is 5.30. The first-order valence-electron chi connectivity index (χ1n) is 9.99. The second kappa shape index (κ2) is 8.59. The fraction of sp³-hybridized carbons (Fsp3) is 0.200. The molecule has 1 aliphatic heterocycles. The van der Waals surface area contributed by atoms with Gasteiger partial charge in [-0.3, -0.25) is 9.69 Å². The maximum absolute atomic E-state index is 13.5. The lowest BCUT2D eigenvalue weighted by Crippen LogP contribution is -2.29. The van der Waals surface area contributed by atoms with Crippen molar-refractivity contribution < 1.29 is 9.18 Å². The van der Waals surface area contributed by atoms with Crippen molar-refractivity contribution in [3.63, 3.8) is 0 Å². The molecule has 4 rings (SSSR count). The molecule has 0 unspecified atom stereocenters. The van der Waals surface area contributed by atoms with Crippen molar-refractivity contribution in [1.29, 1.82) is 0 Å². The van der Waals surface area contributed by atoms with E-state index in [0.717, 1.165) is 22.4 Å². The lowest BCUT2D eigenvalue weighted by Gasteiger charge is -2.28. The van der Waals surface area contributed by atoms with Crippen LogP contribution in [0.5, 0.6) is 0 Å². The standard InChI is InChI=1S/C25H24FN3O/c1-18-8-10-21(11-9-18)19(2)27-29-24(30)17-28(16-20-6-4-3-5-7-20)25(29)22-12-14-23(26)15-13-22/h3-15,25H,16-17H2,1-2H3/b27-19-/t25-/m1/s1. The largest absolute Gasteiger partial charge is 0.271 e. The number of carbonyl (C=O) groups is 1. The van der Waals surface area contributed by atoms with E-state index >= 15 is 0 Å². The third kappa shape index (κ3) is 4.31. The Morgan fingerprint density at radius 1 is 1.00 bits per heavy atom. The minimum Gasteiger partial charge on any atom is -0.271 e. The molecule has 0 radical (unpaired) electrons. The molecule has 0 spiro atoms. The number of hydrazone groups is 1. The number of benzene rings is 3. The fourth-order valence-corrected chi connectivity index (χ4v) is 3.70. The topological polar surface area (TPSA) is 35.9 Å². The molecule has 0 aliphatic carbocycles. The SMILES string of the molecule is C/C(=N/N1C(=O)CN(Cc2ccccc2)[C@H]1c1ccc(F)cc1)c1ccc(C)cc1. The van der Waals surface area contributed by atoms with E-state index in [0.29, 0.717) is 6.54 Å². The highest BCUT2D eigenvalue weighted by molar-refractivity contribution is 5.99. The molecular formula is C25H24FN3O. The zero-order valence-corrected chi connectivity index (χ0v) is 17.1. The third-order valence-electron chi connectivity index (χ3n) is 5.30. The molecule has 1 heterocycles. The molecule has 1 fully saturated rings. The summed E-state index contributed by atoms with van der Waals surface area (Å²) >= 11 is 0. The Morgan fingerprint density at radius 3 is 2.33 bits per heavy atom. The normalized spacial score (nSPS) is 17.6. The van der Waals surface area contributed by atoms with E-state index in [1.807, 2.05) is 68.4 Å². The Labute approximate surface area is 176 Å². The van der Waals surface area contributed by atoms with Crippen LogP contribution < -0.4 is 0 Å². The monoisotopic (exact) mass is 401 g/mol. The van der Waals surface area contributed by atoms with Crippen LogP contribution >= 0.6 is 0 Å². The van der Waals surface area contributed by atoms with Gasteiger partial charge in [-0.1, -0.05) is 72.3 Å². The second-order valence-corrected chi connectivity index (χ2v) is 7.61. The van der Waals surface area contributed by atoms with Crippen LogP contribution in [0.15, 0.2) is 84.0 Å². The second-order valence-electron chi connectivity index (χ2n) is 7.61. The van der Waals surface area contributed by atoms with Crippen LogP contribution in [0.25, 0.3) is 0 Å². The summed E-state index contributed by atoms with van der Waals surface area (Å²) in [5.41, 5.74) is 4.84. The molecule has 1 aliphatic rings. The van der Waals surface area contributed by atoms with E-state index < -0.39 is 6.17 Å². The lowest BCUT2D eigenvalue weighted by molar-refractivity contribution is -0.128. The molecule has 30 heavy (non-hydrogen) atoms. The number of carbonyl (C=O) groups excluding carboxylic acids is 1. The fourth-order valence-electron chi connectivity index (χ4n) is 3.70. The molecule has 0 saturated carbocycles. The molecule has 1 saturated heterocycles. The average Bonchev–Trinajstić information content (AvgIpc) is 3.04. The van der Waals surface area contributed by atoms with E-state index in [4.69, 9.17) is 5.10 Å². The number of rotatable bonds is 5. The van der Waals surface area contributed by atoms with Crippen LogP contribution in [0.4, 0.5) is 4.39 Å². The summed E-state index contributed by atoms with van der Waals surface area (Å²) in [5, 5.41) is 6.23. The van der Waals surface area contributed by atoms with Crippen LogP contribution in [-0.4, -0.2) is 28.1 Å². The van der Waals surface area contributed by atoms with E-state index in [1.54, 1.807) is 12.1 Å². The summed E-state index contributed by atoms with van der Waals surface area (Å²) in [6.07, 6.45) is -0.390. The predicted molar refractivity (Wildman–Crippen MR) is 116 cm³/mol. The molecule has 152 valence electrons. The van der Waals surface area contributed by atoms with Crippen molar-refractivity contribution in [3.05, 3.63) is 107 Å². The van der Waals surface area contributed by atoms with Gasteiger partial charge >= 0.3 is 0 Å². The van der Waals surface area contributed by atoms with Crippen LogP contribution in [0.2, 0.25) is 0 Å². The van der Waals surface area contributed by atoms with Gasteiger partial charge in [0.2, 0.25) is 0 Å². The first-order chi connectivity index (χ1) is 14.5. The number of halogens is 1. The van der Waals surface area contributed by atoms with Crippen molar-refractivity contribution in [2.24, 2.45) is 5.10 Å². The molecule has 0 aromatic heterocycles. The van der Waals surface area contributed by atoms with Crippen LogP contribution in [0.3, 0.4) is 0 Å². The van der Waals surface area contributed by atoms with Gasteiger partial charge in [0.25, 0.3) is 5.91 Å². The minimum atomic E-state index is -0.390. The molecule has 3 aromatic carbocycles. The minimum absolute atomic E-state index is 0.0771. The summed E-state index contributed by atoms with van der Waals surface area (Å²) in [4.78, 5) is 15.0.